The first-order chi connectivity index (χ1) is 26.6. The van der Waals surface area contributed by atoms with Crippen molar-refractivity contribution in [2.75, 3.05) is 19.8 Å². The van der Waals surface area contributed by atoms with Crippen molar-refractivity contribution in [1.29, 1.82) is 0 Å². The van der Waals surface area contributed by atoms with Gasteiger partial charge in [0.15, 0.2) is 6.10 Å². The van der Waals surface area contributed by atoms with Crippen LogP contribution in [0.2, 0.25) is 0 Å². The summed E-state index contributed by atoms with van der Waals surface area (Å²) in [5, 5.41) is 0. The lowest BCUT2D eigenvalue weighted by Gasteiger charge is -2.18. The first-order valence-corrected chi connectivity index (χ1v) is 23.2. The Bertz CT molecular complexity index is 904. The van der Waals surface area contributed by atoms with Gasteiger partial charge in [0.25, 0.3) is 0 Å². The summed E-state index contributed by atoms with van der Waals surface area (Å²) in [6.45, 7) is 7.65. The fourth-order valence-electron chi connectivity index (χ4n) is 6.44. The van der Waals surface area contributed by atoms with E-state index < -0.39 is 6.10 Å². The summed E-state index contributed by atoms with van der Waals surface area (Å²) < 4.78 is 17.3. The fraction of sp³-hybridized carbons (Fsp3) is 0.796. The lowest BCUT2D eigenvalue weighted by Crippen LogP contribution is -2.30. The van der Waals surface area contributed by atoms with Crippen LogP contribution in [0.4, 0.5) is 0 Å². The summed E-state index contributed by atoms with van der Waals surface area (Å²) in [6.07, 6.45) is 54.0. The first-order valence-electron chi connectivity index (χ1n) is 23.2. The second-order valence-electron chi connectivity index (χ2n) is 15.3. The molecule has 0 aromatic rings. The number of allylic oxidation sites excluding steroid dienone is 8. The van der Waals surface area contributed by atoms with Gasteiger partial charge < -0.3 is 14.2 Å². The van der Waals surface area contributed by atoms with Crippen molar-refractivity contribution in [3.05, 3.63) is 48.6 Å². The molecular formula is C49H88O5. The Morgan fingerprint density at radius 3 is 1.33 bits per heavy atom. The van der Waals surface area contributed by atoms with Crippen LogP contribution in [-0.4, -0.2) is 37.9 Å². The van der Waals surface area contributed by atoms with E-state index in [0.717, 1.165) is 70.6 Å². The normalized spacial score (nSPS) is 12.6. The maximum Gasteiger partial charge on any atom is 0.306 e. The van der Waals surface area contributed by atoms with E-state index in [1.807, 2.05) is 0 Å². The van der Waals surface area contributed by atoms with Crippen LogP contribution < -0.4 is 0 Å². The number of rotatable bonds is 42. The SMILES string of the molecule is CC/C=C\C/C=C\C/C=C\C/C=C\CCCCCCCOCC(COC(=O)CCCCCCCCCCCCCCC)OC(=O)CCCCCCCCC. The Kier molecular flexibility index (Phi) is 43.5. The number of hydrogen-bond donors (Lipinski definition) is 0. The van der Waals surface area contributed by atoms with Gasteiger partial charge in [0.2, 0.25) is 0 Å². The smallest absolute Gasteiger partial charge is 0.306 e. The Hall–Kier alpha value is -2.14. The zero-order chi connectivity index (χ0) is 39.3. The Labute approximate surface area is 335 Å². The van der Waals surface area contributed by atoms with Gasteiger partial charge in [-0.1, -0.05) is 204 Å². The molecule has 1 unspecified atom stereocenters. The molecule has 0 aliphatic carbocycles. The predicted octanol–water partition coefficient (Wildman–Crippen LogP) is 15.2. The summed E-state index contributed by atoms with van der Waals surface area (Å²) in [7, 11) is 0. The molecule has 314 valence electrons. The van der Waals surface area contributed by atoms with E-state index in [4.69, 9.17) is 14.2 Å². The molecule has 1 atom stereocenters. The third-order valence-electron chi connectivity index (χ3n) is 9.88. The molecule has 54 heavy (non-hydrogen) atoms. The molecule has 0 aromatic heterocycles. The molecule has 0 saturated carbocycles. The Balaban J connectivity index is 4.17. The predicted molar refractivity (Wildman–Crippen MR) is 233 cm³/mol. The molecule has 0 aliphatic heterocycles. The average Bonchev–Trinajstić information content (AvgIpc) is 3.17. The maximum atomic E-state index is 12.6. The number of esters is 2. The second-order valence-corrected chi connectivity index (χ2v) is 15.3. The van der Waals surface area contributed by atoms with Gasteiger partial charge in [0.05, 0.1) is 6.61 Å². The monoisotopic (exact) mass is 757 g/mol. The first kappa shape index (κ1) is 51.9. The molecule has 0 spiro atoms. The van der Waals surface area contributed by atoms with Crippen LogP contribution in [-0.2, 0) is 23.8 Å². The standard InChI is InChI=1S/C49H88O5/c1-4-7-10-13-16-18-20-22-23-24-25-26-28-30-32-35-38-41-44-52-45-47(54-49(51)43-40-37-33-15-12-9-6-3)46-53-48(50)42-39-36-34-31-29-27-21-19-17-14-11-8-5-2/h7,10,16,18,22-23,25-26,47H,4-6,8-9,11-15,17,19-21,24,27-46H2,1-3H3/b10-7-,18-16-,23-22-,26-25-. The molecule has 0 saturated heterocycles. The molecule has 0 bridgehead atoms. The van der Waals surface area contributed by atoms with E-state index in [-0.39, 0.29) is 25.2 Å². The molecule has 0 aromatic carbocycles. The summed E-state index contributed by atoms with van der Waals surface area (Å²) >= 11 is 0. The van der Waals surface area contributed by atoms with Gasteiger partial charge in [0, 0.05) is 19.4 Å². The second kappa shape index (κ2) is 45.3. The van der Waals surface area contributed by atoms with E-state index in [1.54, 1.807) is 0 Å². The molecule has 0 heterocycles. The van der Waals surface area contributed by atoms with Crippen LogP contribution in [0.5, 0.6) is 0 Å². The van der Waals surface area contributed by atoms with Gasteiger partial charge in [-0.05, 0) is 57.8 Å². The van der Waals surface area contributed by atoms with Crippen molar-refractivity contribution in [3.8, 4) is 0 Å². The van der Waals surface area contributed by atoms with E-state index in [1.165, 1.54) is 122 Å². The molecule has 0 amide bonds. The topological polar surface area (TPSA) is 61.8 Å². The zero-order valence-corrected chi connectivity index (χ0v) is 36.0. The summed E-state index contributed by atoms with van der Waals surface area (Å²) in [5.41, 5.74) is 0. The molecule has 0 radical (unpaired) electrons. The lowest BCUT2D eigenvalue weighted by atomic mass is 10.0. The quantitative estimate of drug-likeness (QED) is 0.0353. The van der Waals surface area contributed by atoms with Gasteiger partial charge in [-0.25, -0.2) is 0 Å². The molecule has 5 heteroatoms. The number of carbonyl (C=O) groups is 2. The van der Waals surface area contributed by atoms with Crippen molar-refractivity contribution < 1.29 is 23.8 Å². The minimum Gasteiger partial charge on any atom is -0.462 e. The van der Waals surface area contributed by atoms with Crippen LogP contribution in [0.25, 0.3) is 0 Å². The highest BCUT2D eigenvalue weighted by atomic mass is 16.6. The Morgan fingerprint density at radius 1 is 0.426 bits per heavy atom. The summed E-state index contributed by atoms with van der Waals surface area (Å²) in [5.74, 6) is -0.408. The average molecular weight is 757 g/mol. The third kappa shape index (κ3) is 42.6. The molecule has 5 nitrogen and oxygen atoms in total. The summed E-state index contributed by atoms with van der Waals surface area (Å²) in [6, 6.07) is 0. The van der Waals surface area contributed by atoms with Gasteiger partial charge in [-0.2, -0.15) is 0 Å². The maximum absolute atomic E-state index is 12.6. The zero-order valence-electron chi connectivity index (χ0n) is 36.0. The molecular weight excluding hydrogens is 669 g/mol. The van der Waals surface area contributed by atoms with E-state index >= 15 is 0 Å². The van der Waals surface area contributed by atoms with Crippen LogP contribution in [0.15, 0.2) is 48.6 Å². The van der Waals surface area contributed by atoms with Gasteiger partial charge in [0.1, 0.15) is 6.61 Å². The lowest BCUT2D eigenvalue weighted by molar-refractivity contribution is -0.163. The fourth-order valence-corrected chi connectivity index (χ4v) is 6.44. The number of unbranched alkanes of at least 4 members (excludes halogenated alkanes) is 23. The highest BCUT2D eigenvalue weighted by Crippen LogP contribution is 2.14. The highest BCUT2D eigenvalue weighted by Gasteiger charge is 2.17. The Morgan fingerprint density at radius 2 is 0.833 bits per heavy atom. The van der Waals surface area contributed by atoms with Crippen LogP contribution in [0.3, 0.4) is 0 Å². The van der Waals surface area contributed by atoms with E-state index in [2.05, 4.69) is 69.4 Å². The number of ether oxygens (including phenoxy) is 3. The number of hydrogen-bond acceptors (Lipinski definition) is 5. The minimum absolute atomic E-state index is 0.0807. The van der Waals surface area contributed by atoms with Gasteiger partial charge in [-0.15, -0.1) is 0 Å². The van der Waals surface area contributed by atoms with Gasteiger partial charge >= 0.3 is 11.9 Å². The van der Waals surface area contributed by atoms with Crippen molar-refractivity contribution >= 4 is 11.9 Å². The molecule has 0 rings (SSSR count). The van der Waals surface area contributed by atoms with Gasteiger partial charge in [-0.3, -0.25) is 9.59 Å². The third-order valence-corrected chi connectivity index (χ3v) is 9.88. The molecule has 0 aliphatic rings. The molecule has 0 fully saturated rings. The molecule has 0 N–H and O–H groups in total. The largest absolute Gasteiger partial charge is 0.462 e. The minimum atomic E-state index is -0.538. The number of carbonyl (C=O) groups excluding carboxylic acids is 2. The van der Waals surface area contributed by atoms with E-state index in [0.29, 0.717) is 19.4 Å². The highest BCUT2D eigenvalue weighted by molar-refractivity contribution is 5.70. The van der Waals surface area contributed by atoms with Crippen LogP contribution in [0.1, 0.15) is 226 Å². The summed E-state index contributed by atoms with van der Waals surface area (Å²) in [4.78, 5) is 25.1. The van der Waals surface area contributed by atoms with Crippen LogP contribution in [0, 0.1) is 0 Å². The van der Waals surface area contributed by atoms with Crippen LogP contribution >= 0.6 is 0 Å². The van der Waals surface area contributed by atoms with Crippen molar-refractivity contribution in [1.82, 2.24) is 0 Å². The van der Waals surface area contributed by atoms with E-state index in [9.17, 15) is 9.59 Å². The van der Waals surface area contributed by atoms with Crippen molar-refractivity contribution in [3.63, 3.8) is 0 Å². The van der Waals surface area contributed by atoms with Crippen molar-refractivity contribution in [2.24, 2.45) is 0 Å². The van der Waals surface area contributed by atoms with Crippen molar-refractivity contribution in [2.45, 2.75) is 232 Å².